The fraction of sp³-hybridized carbons (Fsp3) is 0.333. The molecule has 1 aliphatic rings. The average molecular weight is 347 g/mol. The summed E-state index contributed by atoms with van der Waals surface area (Å²) in [6.07, 6.45) is 2.07. The van der Waals surface area contributed by atoms with Gasteiger partial charge in [0.25, 0.3) is 0 Å². The van der Waals surface area contributed by atoms with Crippen molar-refractivity contribution in [2.75, 3.05) is 39.8 Å². The Labute approximate surface area is 154 Å². The van der Waals surface area contributed by atoms with Gasteiger partial charge in [-0.2, -0.15) is 0 Å². The Morgan fingerprint density at radius 1 is 0.808 bits per heavy atom. The van der Waals surface area contributed by atoms with Gasteiger partial charge in [0, 0.05) is 38.3 Å². The summed E-state index contributed by atoms with van der Waals surface area (Å²) in [4.78, 5) is 4.88. The molecule has 134 valence electrons. The highest BCUT2D eigenvalue weighted by molar-refractivity contribution is 5.81. The molecular weight excluding hydrogens is 322 g/mol. The molecule has 0 unspecified atom stereocenters. The number of hydrogen-bond acceptors (Lipinski definition) is 4. The third-order valence-electron chi connectivity index (χ3n) is 5.07. The highest BCUT2D eigenvalue weighted by Crippen LogP contribution is 2.30. The molecule has 4 rings (SSSR count). The van der Waals surface area contributed by atoms with Crippen LogP contribution >= 0.6 is 0 Å². The lowest BCUT2D eigenvalue weighted by molar-refractivity contribution is 0.148. The van der Waals surface area contributed by atoms with Crippen molar-refractivity contribution in [3.05, 3.63) is 60.8 Å². The van der Waals surface area contributed by atoms with Crippen molar-refractivity contribution in [2.45, 2.75) is 6.54 Å². The SMILES string of the molecule is CN1CCN(CCn2cc(-c3ccccc3-c3ccccc3)nn2)CC1. The molecule has 1 aliphatic heterocycles. The molecule has 0 radical (unpaired) electrons. The fourth-order valence-electron chi connectivity index (χ4n) is 3.42. The van der Waals surface area contributed by atoms with E-state index in [2.05, 4.69) is 81.9 Å². The zero-order chi connectivity index (χ0) is 17.8. The Morgan fingerprint density at radius 2 is 1.50 bits per heavy atom. The molecule has 0 bridgehead atoms. The van der Waals surface area contributed by atoms with Crippen molar-refractivity contribution in [1.29, 1.82) is 0 Å². The largest absolute Gasteiger partial charge is 0.304 e. The first-order valence-corrected chi connectivity index (χ1v) is 9.25. The number of aromatic nitrogens is 3. The van der Waals surface area contributed by atoms with Gasteiger partial charge in [0.05, 0.1) is 12.7 Å². The van der Waals surface area contributed by atoms with Gasteiger partial charge in [0.2, 0.25) is 0 Å². The molecule has 2 aromatic carbocycles. The summed E-state index contributed by atoms with van der Waals surface area (Å²) in [5.74, 6) is 0. The minimum Gasteiger partial charge on any atom is -0.304 e. The van der Waals surface area contributed by atoms with Crippen LogP contribution in [0.2, 0.25) is 0 Å². The molecule has 1 fully saturated rings. The average Bonchev–Trinajstić information content (AvgIpc) is 3.17. The lowest BCUT2D eigenvalue weighted by Crippen LogP contribution is -2.45. The van der Waals surface area contributed by atoms with E-state index >= 15 is 0 Å². The van der Waals surface area contributed by atoms with Crippen molar-refractivity contribution in [1.82, 2.24) is 24.8 Å². The van der Waals surface area contributed by atoms with Gasteiger partial charge >= 0.3 is 0 Å². The van der Waals surface area contributed by atoms with Crippen LogP contribution in [-0.4, -0.2) is 64.6 Å². The van der Waals surface area contributed by atoms with Crippen LogP contribution in [0, 0.1) is 0 Å². The van der Waals surface area contributed by atoms with E-state index in [4.69, 9.17) is 0 Å². The summed E-state index contributed by atoms with van der Waals surface area (Å²) >= 11 is 0. The van der Waals surface area contributed by atoms with Crippen LogP contribution in [0.25, 0.3) is 22.4 Å². The van der Waals surface area contributed by atoms with Crippen LogP contribution in [0.1, 0.15) is 0 Å². The molecule has 0 amide bonds. The van der Waals surface area contributed by atoms with E-state index < -0.39 is 0 Å². The Balaban J connectivity index is 1.48. The van der Waals surface area contributed by atoms with Gasteiger partial charge in [0.15, 0.2) is 0 Å². The smallest absolute Gasteiger partial charge is 0.113 e. The summed E-state index contributed by atoms with van der Waals surface area (Å²) in [5, 5.41) is 8.79. The normalized spacial score (nSPS) is 16.0. The zero-order valence-corrected chi connectivity index (χ0v) is 15.3. The van der Waals surface area contributed by atoms with Crippen LogP contribution < -0.4 is 0 Å². The highest BCUT2D eigenvalue weighted by atomic mass is 15.4. The van der Waals surface area contributed by atoms with Crippen LogP contribution in [0.15, 0.2) is 60.8 Å². The number of rotatable bonds is 5. The lowest BCUT2D eigenvalue weighted by Gasteiger charge is -2.32. The van der Waals surface area contributed by atoms with Crippen molar-refractivity contribution >= 4 is 0 Å². The Hall–Kier alpha value is -2.50. The molecule has 0 aliphatic carbocycles. The molecule has 0 atom stereocenters. The number of hydrogen-bond donors (Lipinski definition) is 0. The second kappa shape index (κ2) is 7.81. The molecule has 1 aromatic heterocycles. The maximum Gasteiger partial charge on any atom is 0.113 e. The third-order valence-corrected chi connectivity index (χ3v) is 5.07. The fourth-order valence-corrected chi connectivity index (χ4v) is 3.42. The summed E-state index contributed by atoms with van der Waals surface area (Å²) in [7, 11) is 2.19. The lowest BCUT2D eigenvalue weighted by atomic mass is 9.98. The molecule has 0 spiro atoms. The zero-order valence-electron chi connectivity index (χ0n) is 15.3. The van der Waals surface area contributed by atoms with E-state index in [0.717, 1.165) is 50.5 Å². The molecule has 1 saturated heterocycles. The van der Waals surface area contributed by atoms with E-state index in [0.29, 0.717) is 0 Å². The van der Waals surface area contributed by atoms with Crippen LogP contribution in [0.3, 0.4) is 0 Å². The van der Waals surface area contributed by atoms with E-state index in [9.17, 15) is 0 Å². The third kappa shape index (κ3) is 3.84. The van der Waals surface area contributed by atoms with E-state index in [1.54, 1.807) is 0 Å². The van der Waals surface area contributed by atoms with Crippen molar-refractivity contribution in [3.63, 3.8) is 0 Å². The Morgan fingerprint density at radius 3 is 2.27 bits per heavy atom. The van der Waals surface area contributed by atoms with Crippen LogP contribution in [0.5, 0.6) is 0 Å². The summed E-state index contributed by atoms with van der Waals surface area (Å²) in [6, 6.07) is 18.9. The molecule has 3 aromatic rings. The van der Waals surface area contributed by atoms with E-state index in [1.807, 2.05) is 10.7 Å². The molecule has 0 N–H and O–H groups in total. The van der Waals surface area contributed by atoms with Gasteiger partial charge in [-0.15, -0.1) is 5.10 Å². The number of benzene rings is 2. The molecule has 0 saturated carbocycles. The van der Waals surface area contributed by atoms with Gasteiger partial charge in [-0.05, 0) is 18.2 Å². The monoisotopic (exact) mass is 347 g/mol. The van der Waals surface area contributed by atoms with Gasteiger partial charge in [-0.1, -0.05) is 59.8 Å². The Bertz CT molecular complexity index is 834. The number of piperazine rings is 1. The topological polar surface area (TPSA) is 37.2 Å². The maximum absolute atomic E-state index is 4.43. The van der Waals surface area contributed by atoms with Crippen molar-refractivity contribution in [3.8, 4) is 22.4 Å². The number of nitrogens with zero attached hydrogens (tertiary/aromatic N) is 5. The van der Waals surface area contributed by atoms with E-state index in [1.165, 1.54) is 11.1 Å². The Kier molecular flexibility index (Phi) is 5.09. The minimum absolute atomic E-state index is 0.879. The highest BCUT2D eigenvalue weighted by Gasteiger charge is 2.14. The molecule has 5 nitrogen and oxygen atoms in total. The predicted octanol–water partition coefficient (Wildman–Crippen LogP) is 2.86. The standard InChI is InChI=1S/C21H25N5/c1-24-11-13-25(14-12-24)15-16-26-17-21(22-23-26)20-10-6-5-9-19(20)18-7-3-2-4-8-18/h2-10,17H,11-16H2,1H3. The first-order chi connectivity index (χ1) is 12.8. The maximum atomic E-state index is 4.43. The first-order valence-electron chi connectivity index (χ1n) is 9.25. The molecule has 26 heavy (non-hydrogen) atoms. The quantitative estimate of drug-likeness (QED) is 0.711. The minimum atomic E-state index is 0.879. The second-order valence-electron chi connectivity index (χ2n) is 6.92. The predicted molar refractivity (Wildman–Crippen MR) is 105 cm³/mol. The first kappa shape index (κ1) is 16.9. The second-order valence-corrected chi connectivity index (χ2v) is 6.92. The molecule has 2 heterocycles. The van der Waals surface area contributed by atoms with E-state index in [-0.39, 0.29) is 0 Å². The van der Waals surface area contributed by atoms with Gasteiger partial charge in [-0.3, -0.25) is 9.58 Å². The number of likely N-dealkylation sites (N-methyl/N-ethyl adjacent to an activating group) is 1. The van der Waals surface area contributed by atoms with Gasteiger partial charge < -0.3 is 4.90 Å². The molecular formula is C21H25N5. The van der Waals surface area contributed by atoms with Crippen molar-refractivity contribution < 1.29 is 0 Å². The summed E-state index contributed by atoms with van der Waals surface area (Å²) in [6.45, 7) is 6.46. The van der Waals surface area contributed by atoms with Crippen LogP contribution in [-0.2, 0) is 6.54 Å². The molecule has 5 heteroatoms. The van der Waals surface area contributed by atoms with Crippen molar-refractivity contribution in [2.24, 2.45) is 0 Å². The van der Waals surface area contributed by atoms with Gasteiger partial charge in [0.1, 0.15) is 5.69 Å². The van der Waals surface area contributed by atoms with Gasteiger partial charge in [-0.25, -0.2) is 0 Å². The summed E-state index contributed by atoms with van der Waals surface area (Å²) < 4.78 is 1.97. The summed E-state index contributed by atoms with van der Waals surface area (Å²) in [5.41, 5.74) is 4.46. The van der Waals surface area contributed by atoms with Crippen LogP contribution in [0.4, 0.5) is 0 Å².